The number of allylic oxidation sites excluding steroid dienone is 4. The van der Waals surface area contributed by atoms with Crippen LogP contribution in [0.2, 0.25) is 0 Å². The number of rotatable bonds is 8. The highest BCUT2D eigenvalue weighted by molar-refractivity contribution is 6.12. The van der Waals surface area contributed by atoms with E-state index in [1.807, 2.05) is 0 Å². The van der Waals surface area contributed by atoms with Crippen molar-refractivity contribution in [3.63, 3.8) is 0 Å². The Morgan fingerprint density at radius 1 is 0.333 bits per heavy atom. The summed E-state index contributed by atoms with van der Waals surface area (Å²) in [5, 5.41) is 2.43. The maximum absolute atomic E-state index is 2.51. The molecule has 2 heteroatoms. The molecule has 0 atom stereocenters. The lowest BCUT2D eigenvalue weighted by Crippen LogP contribution is -2.28. The molecule has 2 nitrogen and oxygen atoms in total. The van der Waals surface area contributed by atoms with Gasteiger partial charge in [-0.3, -0.25) is 0 Å². The lowest BCUT2D eigenvalue weighted by molar-refractivity contribution is 0.714. The lowest BCUT2D eigenvalue weighted by atomic mass is 9.68. The topological polar surface area (TPSA) is 8.17 Å². The van der Waals surface area contributed by atoms with Crippen LogP contribution < -0.4 is 4.90 Å². The Bertz CT molecular complexity index is 4090. The van der Waals surface area contributed by atoms with Gasteiger partial charge in [0.25, 0.3) is 0 Å². The van der Waals surface area contributed by atoms with Gasteiger partial charge in [0, 0.05) is 33.5 Å². The molecule has 0 radical (unpaired) electrons. The molecule has 0 saturated carbocycles. The highest BCUT2D eigenvalue weighted by Gasteiger charge is 2.52. The number of aromatic nitrogens is 1. The summed E-state index contributed by atoms with van der Waals surface area (Å²) in [5.41, 5.74) is 27.2. The molecule has 1 aromatic heterocycles. The van der Waals surface area contributed by atoms with Crippen LogP contribution >= 0.6 is 0 Å². The summed E-state index contributed by atoms with van der Waals surface area (Å²) in [6.45, 7) is 0. The molecule has 0 saturated heterocycles. The summed E-state index contributed by atoms with van der Waals surface area (Å²) in [6, 6.07) is 98.9. The van der Waals surface area contributed by atoms with E-state index in [4.69, 9.17) is 0 Å². The second-order valence-electron chi connectivity index (χ2n) is 20.2. The third kappa shape index (κ3) is 6.66. The van der Waals surface area contributed by atoms with E-state index >= 15 is 0 Å². The first-order valence-electron chi connectivity index (χ1n) is 26.3. The molecule has 0 aliphatic heterocycles. The van der Waals surface area contributed by atoms with Gasteiger partial charge in [-0.2, -0.15) is 0 Å². The number of nitrogens with zero attached hydrogens (tertiary/aromatic N) is 2. The van der Waals surface area contributed by atoms with E-state index in [-0.39, 0.29) is 5.41 Å². The molecular weight excluding hydrogens is 905 g/mol. The van der Waals surface area contributed by atoms with E-state index < -0.39 is 0 Å². The summed E-state index contributed by atoms with van der Waals surface area (Å²) < 4.78 is 2.46. The zero-order valence-electron chi connectivity index (χ0n) is 41.4. The second kappa shape index (κ2) is 17.3. The van der Waals surface area contributed by atoms with Gasteiger partial charge in [0.1, 0.15) is 0 Å². The summed E-state index contributed by atoms with van der Waals surface area (Å²) in [7, 11) is 0. The number of hydrogen-bond acceptors (Lipinski definition) is 1. The highest BCUT2D eigenvalue weighted by Crippen LogP contribution is 2.64. The fraction of sp³-hybridized carbons (Fsp3) is 0.0411. The number of benzene rings is 11. The Labute approximate surface area is 438 Å². The number of hydrogen-bond donors (Lipinski definition) is 0. The van der Waals surface area contributed by atoms with E-state index in [1.54, 1.807) is 0 Å². The van der Waals surface area contributed by atoms with E-state index in [0.717, 1.165) is 35.6 Å². The number of anilines is 3. The van der Waals surface area contributed by atoms with Crippen molar-refractivity contribution in [1.29, 1.82) is 0 Å². The van der Waals surface area contributed by atoms with E-state index in [0.29, 0.717) is 0 Å². The zero-order chi connectivity index (χ0) is 49.5. The predicted octanol–water partition coefficient (Wildman–Crippen LogP) is 19.4. The molecule has 12 aromatic rings. The van der Waals surface area contributed by atoms with Crippen LogP contribution in [0.3, 0.4) is 0 Å². The predicted molar refractivity (Wildman–Crippen MR) is 314 cm³/mol. The van der Waals surface area contributed by atoms with Crippen molar-refractivity contribution < 1.29 is 0 Å². The lowest BCUT2D eigenvalue weighted by Gasteiger charge is -2.34. The summed E-state index contributed by atoms with van der Waals surface area (Å²) in [5.74, 6) is 0. The Morgan fingerprint density at radius 2 is 0.787 bits per heavy atom. The number of para-hydroxylation sites is 1. The van der Waals surface area contributed by atoms with Gasteiger partial charge in [-0.05, 0) is 175 Å². The Balaban J connectivity index is 0.893. The van der Waals surface area contributed by atoms with Crippen molar-refractivity contribution in [3.05, 3.63) is 307 Å². The molecule has 11 aromatic carbocycles. The Morgan fingerprint density at radius 3 is 1.33 bits per heavy atom. The summed E-state index contributed by atoms with van der Waals surface area (Å²) >= 11 is 0. The van der Waals surface area contributed by atoms with Crippen molar-refractivity contribution in [2.24, 2.45) is 0 Å². The van der Waals surface area contributed by atoms with Crippen LogP contribution in [0.4, 0.5) is 17.1 Å². The van der Waals surface area contributed by atoms with Crippen LogP contribution in [0.5, 0.6) is 0 Å². The Kier molecular flexibility index (Phi) is 9.96. The molecule has 3 aliphatic carbocycles. The van der Waals surface area contributed by atoms with Crippen molar-refractivity contribution in [1.82, 2.24) is 4.57 Å². The largest absolute Gasteiger partial charge is 0.310 e. The van der Waals surface area contributed by atoms with Crippen molar-refractivity contribution in [2.45, 2.75) is 18.3 Å². The van der Waals surface area contributed by atoms with Gasteiger partial charge in [0.2, 0.25) is 0 Å². The molecule has 352 valence electrons. The fourth-order valence-corrected chi connectivity index (χ4v) is 13.2. The summed E-state index contributed by atoms with van der Waals surface area (Å²) in [6.07, 6.45) is 6.85. The molecule has 0 fully saturated rings. The molecule has 3 aliphatic rings. The van der Waals surface area contributed by atoms with Gasteiger partial charge >= 0.3 is 0 Å². The fourth-order valence-electron chi connectivity index (χ4n) is 13.2. The van der Waals surface area contributed by atoms with Crippen molar-refractivity contribution >= 4 is 44.4 Å². The molecule has 0 unspecified atom stereocenters. The zero-order valence-corrected chi connectivity index (χ0v) is 41.4. The second-order valence-corrected chi connectivity index (χ2v) is 20.2. The van der Waals surface area contributed by atoms with Crippen LogP contribution in [0, 0.1) is 0 Å². The van der Waals surface area contributed by atoms with Gasteiger partial charge in [0.05, 0.1) is 16.4 Å². The molecule has 0 amide bonds. The highest BCUT2D eigenvalue weighted by atomic mass is 15.1. The quantitative estimate of drug-likeness (QED) is 0.147. The van der Waals surface area contributed by atoms with Crippen LogP contribution in [0.25, 0.3) is 88.7 Å². The average Bonchev–Trinajstić information content (AvgIpc) is 4.29. The van der Waals surface area contributed by atoms with Crippen LogP contribution in [0.15, 0.2) is 285 Å². The molecule has 15 rings (SSSR count). The van der Waals surface area contributed by atoms with Crippen LogP contribution in [0.1, 0.15) is 35.1 Å². The van der Waals surface area contributed by atoms with E-state index in [2.05, 4.69) is 289 Å². The Hall–Kier alpha value is -9.50. The first kappa shape index (κ1) is 43.1. The van der Waals surface area contributed by atoms with E-state index in [9.17, 15) is 0 Å². The average molecular weight is 955 g/mol. The van der Waals surface area contributed by atoms with Gasteiger partial charge in [-0.25, -0.2) is 0 Å². The van der Waals surface area contributed by atoms with Gasteiger partial charge < -0.3 is 9.47 Å². The maximum atomic E-state index is 2.51. The van der Waals surface area contributed by atoms with Crippen LogP contribution in [-0.4, -0.2) is 4.57 Å². The smallest absolute Gasteiger partial charge is 0.0689 e. The van der Waals surface area contributed by atoms with Gasteiger partial charge in [-0.15, -0.1) is 0 Å². The third-order valence-corrected chi connectivity index (χ3v) is 16.3. The monoisotopic (exact) mass is 954 g/mol. The first-order chi connectivity index (χ1) is 37.2. The van der Waals surface area contributed by atoms with Crippen molar-refractivity contribution in [3.8, 4) is 61.3 Å². The molecule has 0 bridgehead atoms. The van der Waals surface area contributed by atoms with Crippen LogP contribution in [-0.2, 0) is 5.41 Å². The SMILES string of the molecule is C1=CC2=C(CC1)C1(c3cc(N(c4ccccc4)c4ccc(-n5c6ccc(-c7ccccc7-c7ccccc7)cc6c6cc(-c7ccccc7-c7ccccc7)ccc65)cc4)ccc32)c2ccccc2-c2ccccc21. The standard InChI is InChI=1S/C73H50N2/c1-4-20-49(21-5-1)57-26-10-12-28-59(57)51-36-44-71-65(46-51)66-47-52(60-29-13-11-27-58(60)50-22-6-2-7-23-50)37-45-72(66)75(71)55-40-38-54(39-41-55)74(53-24-8-3-9-25-53)56-42-43-64-63-32-16-19-35-69(63)73(70(64)48-56)67-33-17-14-30-61(67)62-31-15-18-34-68(62)73/h1-18,20-34,36-48H,19,35H2. The normalized spacial score (nSPS) is 13.8. The minimum Gasteiger partial charge on any atom is -0.310 e. The van der Waals surface area contributed by atoms with Gasteiger partial charge in [0.15, 0.2) is 0 Å². The molecule has 1 heterocycles. The first-order valence-corrected chi connectivity index (χ1v) is 26.3. The molecule has 75 heavy (non-hydrogen) atoms. The molecular formula is C73H50N2. The minimum absolute atomic E-state index is 0.353. The van der Waals surface area contributed by atoms with Crippen molar-refractivity contribution in [2.75, 3.05) is 4.90 Å². The number of fused-ring (bicyclic) bond motifs is 12. The van der Waals surface area contributed by atoms with Gasteiger partial charge in [-0.1, -0.05) is 206 Å². The minimum atomic E-state index is -0.353. The maximum Gasteiger partial charge on any atom is 0.0689 e. The molecule has 1 spiro atoms. The van der Waals surface area contributed by atoms with E-state index in [1.165, 1.54) is 111 Å². The summed E-state index contributed by atoms with van der Waals surface area (Å²) in [4.78, 5) is 2.44. The molecule has 0 N–H and O–H groups in total. The third-order valence-electron chi connectivity index (χ3n) is 16.3.